The first kappa shape index (κ1) is 20.8. The number of aromatic nitrogens is 2. The summed E-state index contributed by atoms with van der Waals surface area (Å²) in [4.78, 5) is 22.0. The van der Waals surface area contributed by atoms with Crippen LogP contribution in [-0.4, -0.2) is 60.3 Å². The molecule has 2 aliphatic rings. The Kier molecular flexibility index (Phi) is 6.37. The normalized spacial score (nSPS) is 20.1. The number of anilines is 1. The van der Waals surface area contributed by atoms with E-state index < -0.39 is 0 Å². The second kappa shape index (κ2) is 9.16. The third kappa shape index (κ3) is 4.67. The van der Waals surface area contributed by atoms with E-state index in [4.69, 9.17) is 9.26 Å². The molecule has 7 heteroatoms. The lowest BCUT2D eigenvalue weighted by molar-refractivity contribution is 0.0695. The van der Waals surface area contributed by atoms with Gasteiger partial charge in [-0.2, -0.15) is 4.98 Å². The van der Waals surface area contributed by atoms with Gasteiger partial charge in [-0.05, 0) is 49.4 Å². The molecule has 2 saturated heterocycles. The first-order chi connectivity index (χ1) is 14.5. The van der Waals surface area contributed by atoms with Crippen molar-refractivity contribution < 1.29 is 14.1 Å². The van der Waals surface area contributed by atoms with Gasteiger partial charge in [0.15, 0.2) is 5.82 Å². The second-order valence-electron chi connectivity index (χ2n) is 8.84. The number of hydrogen-bond acceptors (Lipinski definition) is 6. The lowest BCUT2D eigenvalue weighted by atomic mass is 9.97. The molecule has 7 nitrogen and oxygen atoms in total. The number of likely N-dealkylation sites (tertiary alicyclic amines) is 1. The van der Waals surface area contributed by atoms with Gasteiger partial charge in [-0.15, -0.1) is 0 Å². The summed E-state index contributed by atoms with van der Waals surface area (Å²) in [5.41, 5.74) is 3.07. The summed E-state index contributed by atoms with van der Waals surface area (Å²) in [5.74, 6) is 2.12. The summed E-state index contributed by atoms with van der Waals surface area (Å²) in [6.07, 6.45) is 2.73. The zero-order valence-electron chi connectivity index (χ0n) is 18.3. The zero-order valence-corrected chi connectivity index (χ0v) is 18.3. The summed E-state index contributed by atoms with van der Waals surface area (Å²) >= 11 is 0. The van der Waals surface area contributed by atoms with Crippen LogP contribution in [0.25, 0.3) is 0 Å². The van der Waals surface area contributed by atoms with Gasteiger partial charge in [-0.1, -0.05) is 19.0 Å². The molecule has 1 aromatic heterocycles. The number of amides is 1. The number of rotatable bonds is 5. The Morgan fingerprint density at radius 1 is 1.23 bits per heavy atom. The van der Waals surface area contributed by atoms with E-state index in [0.717, 1.165) is 69.1 Å². The summed E-state index contributed by atoms with van der Waals surface area (Å²) < 4.78 is 11.0. The minimum Gasteiger partial charge on any atom is -0.378 e. The maximum absolute atomic E-state index is 13.2. The van der Waals surface area contributed by atoms with E-state index in [9.17, 15) is 4.79 Å². The van der Waals surface area contributed by atoms with E-state index in [0.29, 0.717) is 18.4 Å². The molecule has 0 saturated carbocycles. The van der Waals surface area contributed by atoms with Crippen molar-refractivity contribution >= 4 is 11.6 Å². The quantitative estimate of drug-likeness (QED) is 0.749. The molecule has 0 spiro atoms. The molecule has 1 amide bonds. The molecular weight excluding hydrogens is 380 g/mol. The van der Waals surface area contributed by atoms with Gasteiger partial charge in [-0.25, -0.2) is 0 Å². The largest absolute Gasteiger partial charge is 0.378 e. The fourth-order valence-electron chi connectivity index (χ4n) is 4.37. The Morgan fingerprint density at radius 3 is 2.77 bits per heavy atom. The molecule has 2 aliphatic heterocycles. The van der Waals surface area contributed by atoms with Crippen LogP contribution < -0.4 is 4.90 Å². The van der Waals surface area contributed by atoms with Crippen LogP contribution in [-0.2, 0) is 11.2 Å². The van der Waals surface area contributed by atoms with E-state index in [-0.39, 0.29) is 11.8 Å². The maximum Gasteiger partial charge on any atom is 0.253 e. The molecular formula is C23H32N4O3. The first-order valence-electron chi connectivity index (χ1n) is 11.1. The highest BCUT2D eigenvalue weighted by Crippen LogP contribution is 2.28. The lowest BCUT2D eigenvalue weighted by Crippen LogP contribution is -2.39. The molecule has 2 fully saturated rings. The molecule has 0 aliphatic carbocycles. The zero-order chi connectivity index (χ0) is 21.1. The molecule has 0 bridgehead atoms. The maximum atomic E-state index is 13.2. The fraction of sp³-hybridized carbons (Fsp3) is 0.609. The Morgan fingerprint density at radius 2 is 2.03 bits per heavy atom. The topological polar surface area (TPSA) is 71.7 Å². The Labute approximate surface area is 178 Å². The molecule has 162 valence electrons. The van der Waals surface area contributed by atoms with Gasteiger partial charge in [0.05, 0.1) is 19.1 Å². The smallest absolute Gasteiger partial charge is 0.253 e. The van der Waals surface area contributed by atoms with Crippen LogP contribution in [0.3, 0.4) is 0 Å². The fourth-order valence-corrected chi connectivity index (χ4v) is 4.37. The average Bonchev–Trinajstić information content (AvgIpc) is 3.21. The number of ether oxygens (including phenoxy) is 1. The van der Waals surface area contributed by atoms with Gasteiger partial charge in [0, 0.05) is 43.9 Å². The van der Waals surface area contributed by atoms with Crippen molar-refractivity contribution in [2.45, 2.75) is 46.0 Å². The standard InChI is InChI=1S/C23H32N4O3/c1-16(2)13-21-24-22(30-25-21)19-5-4-8-27(15-19)23(28)18-6-7-20(17(3)14-18)26-9-11-29-12-10-26/h6-7,14,16,19H,4-5,8-13,15H2,1-3H3. The van der Waals surface area contributed by atoms with Crippen molar-refractivity contribution in [2.24, 2.45) is 5.92 Å². The van der Waals surface area contributed by atoms with E-state index in [1.165, 1.54) is 5.69 Å². The highest BCUT2D eigenvalue weighted by Gasteiger charge is 2.29. The van der Waals surface area contributed by atoms with Crippen molar-refractivity contribution in [3.63, 3.8) is 0 Å². The van der Waals surface area contributed by atoms with Crippen molar-refractivity contribution in [3.8, 4) is 0 Å². The van der Waals surface area contributed by atoms with Crippen molar-refractivity contribution in [3.05, 3.63) is 41.0 Å². The second-order valence-corrected chi connectivity index (χ2v) is 8.84. The first-order valence-corrected chi connectivity index (χ1v) is 11.1. The van der Waals surface area contributed by atoms with Crippen LogP contribution in [0.1, 0.15) is 60.2 Å². The molecule has 4 rings (SSSR count). The summed E-state index contributed by atoms with van der Waals surface area (Å²) in [6, 6.07) is 6.05. The van der Waals surface area contributed by atoms with Gasteiger partial charge >= 0.3 is 0 Å². The van der Waals surface area contributed by atoms with Crippen LogP contribution in [0, 0.1) is 12.8 Å². The molecule has 0 radical (unpaired) electrons. The molecule has 3 heterocycles. The summed E-state index contributed by atoms with van der Waals surface area (Å²) in [5, 5.41) is 4.12. The molecule has 1 atom stereocenters. The SMILES string of the molecule is Cc1cc(C(=O)N2CCCC(c3nc(CC(C)C)no3)C2)ccc1N1CCOCC1. The number of benzene rings is 1. The number of nitrogens with zero attached hydrogens (tertiary/aromatic N) is 4. The van der Waals surface area contributed by atoms with Crippen LogP contribution in [0.15, 0.2) is 22.7 Å². The summed E-state index contributed by atoms with van der Waals surface area (Å²) in [7, 11) is 0. The predicted octanol–water partition coefficient (Wildman–Crippen LogP) is 3.43. The minimum atomic E-state index is 0.0817. The average molecular weight is 413 g/mol. The number of carbonyl (C=O) groups excluding carboxylic acids is 1. The van der Waals surface area contributed by atoms with Crippen LogP contribution in [0.5, 0.6) is 0 Å². The number of piperidine rings is 1. The third-order valence-electron chi connectivity index (χ3n) is 5.93. The van der Waals surface area contributed by atoms with Gasteiger partial charge in [0.2, 0.25) is 5.89 Å². The lowest BCUT2D eigenvalue weighted by Gasteiger charge is -2.32. The van der Waals surface area contributed by atoms with Crippen molar-refractivity contribution in [1.29, 1.82) is 0 Å². The summed E-state index contributed by atoms with van der Waals surface area (Å²) in [6.45, 7) is 11.1. The van der Waals surface area contributed by atoms with E-state index in [2.05, 4.69) is 41.9 Å². The highest BCUT2D eigenvalue weighted by atomic mass is 16.5. The highest BCUT2D eigenvalue weighted by molar-refractivity contribution is 5.95. The van der Waals surface area contributed by atoms with Gasteiger partial charge in [0.25, 0.3) is 5.91 Å². The van der Waals surface area contributed by atoms with E-state index in [1.54, 1.807) is 0 Å². The van der Waals surface area contributed by atoms with Gasteiger partial charge in [0.1, 0.15) is 0 Å². The van der Waals surface area contributed by atoms with Crippen LogP contribution >= 0.6 is 0 Å². The van der Waals surface area contributed by atoms with E-state index >= 15 is 0 Å². The Balaban J connectivity index is 1.44. The number of hydrogen-bond donors (Lipinski definition) is 0. The molecule has 0 N–H and O–H groups in total. The van der Waals surface area contributed by atoms with Crippen molar-refractivity contribution in [2.75, 3.05) is 44.3 Å². The number of morpholine rings is 1. The number of carbonyl (C=O) groups is 1. The molecule has 1 aromatic carbocycles. The molecule has 2 aromatic rings. The van der Waals surface area contributed by atoms with Crippen LogP contribution in [0.2, 0.25) is 0 Å². The Hall–Kier alpha value is -2.41. The number of aryl methyl sites for hydroxylation is 1. The Bertz CT molecular complexity index is 873. The van der Waals surface area contributed by atoms with Gasteiger partial charge < -0.3 is 19.1 Å². The monoisotopic (exact) mass is 412 g/mol. The molecule has 30 heavy (non-hydrogen) atoms. The van der Waals surface area contributed by atoms with Crippen molar-refractivity contribution in [1.82, 2.24) is 15.0 Å². The van der Waals surface area contributed by atoms with Gasteiger partial charge in [-0.3, -0.25) is 4.79 Å². The third-order valence-corrected chi connectivity index (χ3v) is 5.93. The predicted molar refractivity (Wildman–Crippen MR) is 115 cm³/mol. The minimum absolute atomic E-state index is 0.0817. The van der Waals surface area contributed by atoms with Crippen LogP contribution in [0.4, 0.5) is 5.69 Å². The van der Waals surface area contributed by atoms with E-state index in [1.807, 2.05) is 17.0 Å². The molecule has 1 unspecified atom stereocenters.